The lowest BCUT2D eigenvalue weighted by atomic mass is 10.1. The van der Waals surface area contributed by atoms with Gasteiger partial charge in [0, 0.05) is 4.88 Å². The largest absolute Gasteiger partial charge is 0.384 e. The van der Waals surface area contributed by atoms with Crippen LogP contribution in [-0.2, 0) is 0 Å². The van der Waals surface area contributed by atoms with Gasteiger partial charge in [0.05, 0.1) is 10.6 Å². The molecule has 0 saturated heterocycles. The molecular formula is C15H18N2S. The summed E-state index contributed by atoms with van der Waals surface area (Å²) in [5.74, 6) is 1.27. The van der Waals surface area contributed by atoms with E-state index in [0.29, 0.717) is 11.7 Å². The smallest absolute Gasteiger partial charge is 0.124 e. The van der Waals surface area contributed by atoms with Crippen molar-refractivity contribution < 1.29 is 0 Å². The lowest BCUT2D eigenvalue weighted by molar-refractivity contribution is 0.665. The van der Waals surface area contributed by atoms with E-state index in [-0.39, 0.29) is 0 Å². The first-order valence-corrected chi connectivity index (χ1v) is 6.96. The standard InChI is InChI=1S/C15H18N2S/c1-11(2)5-3-6-12-9-10-14(18-12)13-7-4-8-15(16)17-13/h3-4,6-11H,5H2,1-2H3,(H2,16,17)/b6-3+. The predicted molar refractivity (Wildman–Crippen MR) is 80.5 cm³/mol. The molecule has 0 fully saturated rings. The van der Waals surface area contributed by atoms with Gasteiger partial charge in [-0.1, -0.05) is 26.0 Å². The molecule has 0 aromatic carbocycles. The number of pyridine rings is 1. The molecule has 0 bridgehead atoms. The number of nitrogen functional groups attached to an aromatic ring is 1. The Morgan fingerprint density at radius 2 is 2.11 bits per heavy atom. The van der Waals surface area contributed by atoms with Gasteiger partial charge in [-0.2, -0.15) is 0 Å². The van der Waals surface area contributed by atoms with Gasteiger partial charge in [0.2, 0.25) is 0 Å². The number of thiophene rings is 1. The zero-order valence-electron chi connectivity index (χ0n) is 10.8. The van der Waals surface area contributed by atoms with Gasteiger partial charge in [-0.3, -0.25) is 0 Å². The van der Waals surface area contributed by atoms with Crippen LogP contribution in [0.15, 0.2) is 36.4 Å². The van der Waals surface area contributed by atoms with Gasteiger partial charge in [0.25, 0.3) is 0 Å². The average Bonchev–Trinajstić information content (AvgIpc) is 2.77. The third-order valence-electron chi connectivity index (χ3n) is 2.54. The van der Waals surface area contributed by atoms with Crippen molar-refractivity contribution >= 4 is 23.2 Å². The number of hydrogen-bond donors (Lipinski definition) is 1. The van der Waals surface area contributed by atoms with E-state index < -0.39 is 0 Å². The maximum absolute atomic E-state index is 5.70. The van der Waals surface area contributed by atoms with Gasteiger partial charge < -0.3 is 5.73 Å². The van der Waals surface area contributed by atoms with E-state index >= 15 is 0 Å². The second-order valence-electron chi connectivity index (χ2n) is 4.68. The summed E-state index contributed by atoms with van der Waals surface area (Å²) in [6.07, 6.45) is 5.53. The van der Waals surface area contributed by atoms with E-state index in [2.05, 4.69) is 43.1 Å². The topological polar surface area (TPSA) is 38.9 Å². The molecule has 0 radical (unpaired) electrons. The lowest BCUT2D eigenvalue weighted by Crippen LogP contribution is -1.89. The van der Waals surface area contributed by atoms with Crippen molar-refractivity contribution in [2.24, 2.45) is 5.92 Å². The summed E-state index contributed by atoms with van der Waals surface area (Å²) in [4.78, 5) is 6.75. The Bertz CT molecular complexity index is 541. The summed E-state index contributed by atoms with van der Waals surface area (Å²) >= 11 is 1.74. The number of allylic oxidation sites excluding steroid dienone is 1. The van der Waals surface area contributed by atoms with Gasteiger partial charge in [-0.25, -0.2) is 4.98 Å². The fourth-order valence-electron chi connectivity index (χ4n) is 1.63. The van der Waals surface area contributed by atoms with E-state index in [1.54, 1.807) is 17.4 Å². The number of nitrogens with two attached hydrogens (primary N) is 1. The molecule has 0 aliphatic rings. The number of rotatable bonds is 4. The van der Waals surface area contributed by atoms with E-state index in [1.807, 2.05) is 12.1 Å². The van der Waals surface area contributed by atoms with Crippen LogP contribution in [0.4, 0.5) is 5.82 Å². The Morgan fingerprint density at radius 3 is 2.83 bits per heavy atom. The molecule has 0 aliphatic heterocycles. The number of nitrogens with zero attached hydrogens (tertiary/aromatic N) is 1. The number of aromatic nitrogens is 1. The van der Waals surface area contributed by atoms with Gasteiger partial charge in [0.15, 0.2) is 0 Å². The van der Waals surface area contributed by atoms with Gasteiger partial charge >= 0.3 is 0 Å². The van der Waals surface area contributed by atoms with Crippen LogP contribution in [0.25, 0.3) is 16.6 Å². The minimum absolute atomic E-state index is 0.567. The summed E-state index contributed by atoms with van der Waals surface area (Å²) in [6, 6.07) is 9.96. The first-order chi connectivity index (χ1) is 8.65. The molecule has 3 heteroatoms. The summed E-state index contributed by atoms with van der Waals surface area (Å²) in [5, 5.41) is 0. The van der Waals surface area contributed by atoms with Gasteiger partial charge in [-0.15, -0.1) is 11.3 Å². The molecule has 18 heavy (non-hydrogen) atoms. The minimum Gasteiger partial charge on any atom is -0.384 e. The SMILES string of the molecule is CC(C)C/C=C/c1ccc(-c2cccc(N)n2)s1. The molecule has 0 unspecified atom stereocenters. The quantitative estimate of drug-likeness (QED) is 0.879. The Kier molecular flexibility index (Phi) is 4.15. The van der Waals surface area contributed by atoms with Crippen LogP contribution in [0.3, 0.4) is 0 Å². The van der Waals surface area contributed by atoms with Crippen molar-refractivity contribution in [1.29, 1.82) is 0 Å². The van der Waals surface area contributed by atoms with Gasteiger partial charge in [0.1, 0.15) is 5.82 Å². The highest BCUT2D eigenvalue weighted by Gasteiger charge is 2.02. The Hall–Kier alpha value is -1.61. The highest BCUT2D eigenvalue weighted by Crippen LogP contribution is 2.28. The highest BCUT2D eigenvalue weighted by molar-refractivity contribution is 7.16. The molecule has 0 saturated carbocycles. The summed E-state index contributed by atoms with van der Waals surface area (Å²) in [7, 11) is 0. The number of hydrogen-bond acceptors (Lipinski definition) is 3. The third-order valence-corrected chi connectivity index (χ3v) is 3.61. The molecule has 2 N–H and O–H groups in total. The van der Waals surface area contributed by atoms with Crippen LogP contribution in [-0.4, -0.2) is 4.98 Å². The van der Waals surface area contributed by atoms with Crippen LogP contribution < -0.4 is 5.73 Å². The molecule has 2 rings (SSSR count). The molecule has 0 amide bonds. The predicted octanol–water partition coefficient (Wildman–Crippen LogP) is 4.45. The normalized spacial score (nSPS) is 11.5. The zero-order chi connectivity index (χ0) is 13.0. The van der Waals surface area contributed by atoms with Crippen LogP contribution in [0.2, 0.25) is 0 Å². The first-order valence-electron chi connectivity index (χ1n) is 6.14. The molecule has 0 atom stereocenters. The Balaban J connectivity index is 2.13. The highest BCUT2D eigenvalue weighted by atomic mass is 32.1. The van der Waals surface area contributed by atoms with Crippen LogP contribution >= 0.6 is 11.3 Å². The summed E-state index contributed by atoms with van der Waals surface area (Å²) < 4.78 is 0. The van der Waals surface area contributed by atoms with Crippen molar-refractivity contribution in [1.82, 2.24) is 4.98 Å². The Labute approximate surface area is 112 Å². The molecule has 94 valence electrons. The monoisotopic (exact) mass is 258 g/mol. The second-order valence-corrected chi connectivity index (χ2v) is 5.80. The first kappa shape index (κ1) is 12.8. The van der Waals surface area contributed by atoms with Crippen molar-refractivity contribution in [3.8, 4) is 10.6 Å². The van der Waals surface area contributed by atoms with Crippen LogP contribution in [0, 0.1) is 5.92 Å². The van der Waals surface area contributed by atoms with E-state index in [1.165, 1.54) is 4.88 Å². The Morgan fingerprint density at radius 1 is 1.28 bits per heavy atom. The fraction of sp³-hybridized carbons (Fsp3) is 0.267. The molecule has 2 aromatic rings. The molecule has 2 heterocycles. The summed E-state index contributed by atoms with van der Waals surface area (Å²) in [6.45, 7) is 4.45. The molecular weight excluding hydrogens is 240 g/mol. The van der Waals surface area contributed by atoms with Gasteiger partial charge in [-0.05, 0) is 42.7 Å². The van der Waals surface area contributed by atoms with Crippen molar-refractivity contribution in [2.45, 2.75) is 20.3 Å². The minimum atomic E-state index is 0.567. The average molecular weight is 258 g/mol. The van der Waals surface area contributed by atoms with Crippen molar-refractivity contribution in [2.75, 3.05) is 5.73 Å². The second kappa shape index (κ2) is 5.83. The number of anilines is 1. The van der Waals surface area contributed by atoms with Crippen molar-refractivity contribution in [3.63, 3.8) is 0 Å². The van der Waals surface area contributed by atoms with Crippen LogP contribution in [0.5, 0.6) is 0 Å². The molecule has 0 aliphatic carbocycles. The third kappa shape index (κ3) is 3.44. The molecule has 2 aromatic heterocycles. The molecule has 0 spiro atoms. The van der Waals surface area contributed by atoms with E-state index in [0.717, 1.165) is 17.0 Å². The van der Waals surface area contributed by atoms with E-state index in [9.17, 15) is 0 Å². The fourth-order valence-corrected chi connectivity index (χ4v) is 2.53. The molecule has 2 nitrogen and oxygen atoms in total. The van der Waals surface area contributed by atoms with Crippen LogP contribution in [0.1, 0.15) is 25.1 Å². The summed E-state index contributed by atoms with van der Waals surface area (Å²) in [5.41, 5.74) is 6.64. The van der Waals surface area contributed by atoms with Crippen molar-refractivity contribution in [3.05, 3.63) is 41.3 Å². The maximum atomic E-state index is 5.70. The van der Waals surface area contributed by atoms with E-state index in [4.69, 9.17) is 5.73 Å². The zero-order valence-corrected chi connectivity index (χ0v) is 11.6. The maximum Gasteiger partial charge on any atom is 0.124 e. The lowest BCUT2D eigenvalue weighted by Gasteiger charge is -1.97.